The van der Waals surface area contributed by atoms with Crippen LogP contribution in [0.5, 0.6) is 0 Å². The third-order valence-corrected chi connectivity index (χ3v) is 8.72. The van der Waals surface area contributed by atoms with Crippen LogP contribution in [0.4, 0.5) is 15.6 Å². The molecule has 2 aromatic heterocycles. The second-order valence-corrected chi connectivity index (χ2v) is 11.1. The van der Waals surface area contributed by atoms with E-state index in [1.165, 1.54) is 25.2 Å². The SMILES string of the molecule is Cn1nnnc1S(=O)(=O)c1sc(NC(=O)Nc2ccc(Cl)cc2C(=O)C2CCCC2)nc1C(=O)O. The molecule has 1 aliphatic carbocycles. The van der Waals surface area contributed by atoms with Crippen LogP contribution in [-0.2, 0) is 16.9 Å². The van der Waals surface area contributed by atoms with Crippen LogP contribution >= 0.6 is 22.9 Å². The Morgan fingerprint density at radius 1 is 1.20 bits per heavy atom. The minimum absolute atomic E-state index is 0.131. The minimum Gasteiger partial charge on any atom is -0.476 e. The van der Waals surface area contributed by atoms with E-state index in [9.17, 15) is 27.9 Å². The van der Waals surface area contributed by atoms with Crippen molar-refractivity contribution in [2.75, 3.05) is 10.6 Å². The molecule has 4 rings (SSSR count). The quantitative estimate of drug-likeness (QED) is 0.377. The molecule has 0 saturated heterocycles. The third kappa shape index (κ3) is 5.01. The number of rotatable bonds is 7. The molecule has 0 radical (unpaired) electrons. The number of carbonyl (C=O) groups excluding carboxylic acids is 2. The third-order valence-electron chi connectivity index (χ3n) is 5.31. The number of benzene rings is 1. The van der Waals surface area contributed by atoms with Crippen LogP contribution in [0.3, 0.4) is 0 Å². The van der Waals surface area contributed by atoms with Crippen molar-refractivity contribution in [3.63, 3.8) is 0 Å². The highest BCUT2D eigenvalue weighted by atomic mass is 35.5. The number of aryl methyl sites for hydroxylation is 1. The zero-order valence-corrected chi connectivity index (χ0v) is 20.4. The van der Waals surface area contributed by atoms with E-state index >= 15 is 0 Å². The molecule has 0 atom stereocenters. The number of sulfone groups is 1. The van der Waals surface area contributed by atoms with E-state index in [0.29, 0.717) is 16.4 Å². The van der Waals surface area contributed by atoms with E-state index < -0.39 is 36.9 Å². The van der Waals surface area contributed by atoms with Crippen LogP contribution in [0.25, 0.3) is 0 Å². The minimum atomic E-state index is -4.44. The van der Waals surface area contributed by atoms with Gasteiger partial charge in [-0.05, 0) is 41.5 Å². The number of halogens is 1. The number of thiazole rings is 1. The van der Waals surface area contributed by atoms with Crippen LogP contribution in [0.15, 0.2) is 27.6 Å². The number of amides is 2. The van der Waals surface area contributed by atoms with Gasteiger partial charge in [0.05, 0.1) is 5.69 Å². The van der Waals surface area contributed by atoms with E-state index in [1.54, 1.807) is 0 Å². The number of nitrogens with zero attached hydrogens (tertiary/aromatic N) is 5. The molecule has 1 aromatic carbocycles. The molecular formula is C19H18ClN7O6S2. The Bertz CT molecular complexity index is 1430. The van der Waals surface area contributed by atoms with Crippen LogP contribution in [0.1, 0.15) is 46.5 Å². The van der Waals surface area contributed by atoms with Crippen LogP contribution in [0, 0.1) is 5.92 Å². The summed E-state index contributed by atoms with van der Waals surface area (Å²) < 4.78 is 26.0. The molecule has 2 heterocycles. The van der Waals surface area contributed by atoms with Gasteiger partial charge in [0.15, 0.2) is 20.8 Å². The number of hydrogen-bond acceptors (Lipinski definition) is 10. The smallest absolute Gasteiger partial charge is 0.356 e. The molecule has 0 unspecified atom stereocenters. The average molecular weight is 540 g/mol. The largest absolute Gasteiger partial charge is 0.476 e. The zero-order chi connectivity index (χ0) is 25.3. The second-order valence-electron chi connectivity index (χ2n) is 7.66. The van der Waals surface area contributed by atoms with E-state index in [2.05, 4.69) is 31.1 Å². The summed E-state index contributed by atoms with van der Waals surface area (Å²) in [7, 11) is -3.16. The molecule has 35 heavy (non-hydrogen) atoms. The number of carbonyl (C=O) groups is 3. The fourth-order valence-corrected chi connectivity index (χ4v) is 6.54. The summed E-state index contributed by atoms with van der Waals surface area (Å²) in [6, 6.07) is 3.60. The fraction of sp³-hybridized carbons (Fsp3) is 0.316. The first-order valence-corrected chi connectivity index (χ1v) is 12.9. The number of carboxylic acids is 1. The van der Waals surface area contributed by atoms with Crippen molar-refractivity contribution in [3.05, 3.63) is 34.5 Å². The molecule has 0 spiro atoms. The van der Waals surface area contributed by atoms with Gasteiger partial charge in [-0.2, -0.15) is 0 Å². The highest BCUT2D eigenvalue weighted by molar-refractivity contribution is 7.93. The molecule has 2 amide bonds. The molecule has 184 valence electrons. The summed E-state index contributed by atoms with van der Waals surface area (Å²) in [5.41, 5.74) is -0.336. The number of Topliss-reactive ketones (excluding diaryl/α,β-unsaturated/α-hetero) is 1. The van der Waals surface area contributed by atoms with E-state index in [-0.39, 0.29) is 28.1 Å². The first-order valence-electron chi connectivity index (χ1n) is 10.2. The number of aromatic nitrogens is 5. The van der Waals surface area contributed by atoms with Gasteiger partial charge in [-0.1, -0.05) is 40.9 Å². The highest BCUT2D eigenvalue weighted by Crippen LogP contribution is 2.33. The van der Waals surface area contributed by atoms with Gasteiger partial charge >= 0.3 is 12.0 Å². The number of carboxylic acid groups (broad SMARTS) is 1. The van der Waals surface area contributed by atoms with Crippen molar-refractivity contribution in [2.45, 2.75) is 35.0 Å². The Labute approximate surface area is 207 Å². The standard InChI is InChI=1S/C19H18ClN7O6S2/c1-27-19(24-25-26-27)35(32,33)16-13(15(29)30)22-18(34-16)23-17(31)21-12-7-6-10(20)8-11(12)14(28)9-4-2-3-5-9/h6-9H,2-5H2,1H3,(H,29,30)(H2,21,22,23,31). The van der Waals surface area contributed by atoms with Crippen LogP contribution in [-0.4, -0.2) is 56.5 Å². The Balaban J connectivity index is 1.59. The molecule has 13 nitrogen and oxygen atoms in total. The van der Waals surface area contributed by atoms with Crippen molar-refractivity contribution in [1.29, 1.82) is 0 Å². The van der Waals surface area contributed by atoms with Crippen molar-refractivity contribution in [1.82, 2.24) is 25.2 Å². The van der Waals surface area contributed by atoms with E-state index in [0.717, 1.165) is 30.4 Å². The lowest BCUT2D eigenvalue weighted by Gasteiger charge is -2.14. The van der Waals surface area contributed by atoms with Gasteiger partial charge in [-0.3, -0.25) is 10.1 Å². The molecule has 3 aromatic rings. The molecule has 1 aliphatic rings. The predicted octanol–water partition coefficient (Wildman–Crippen LogP) is 2.87. The Morgan fingerprint density at radius 3 is 2.54 bits per heavy atom. The summed E-state index contributed by atoms with van der Waals surface area (Å²) >= 11 is 6.49. The fourth-order valence-electron chi connectivity index (χ4n) is 3.70. The molecule has 3 N–H and O–H groups in total. The van der Waals surface area contributed by atoms with Crippen LogP contribution < -0.4 is 10.6 Å². The van der Waals surface area contributed by atoms with Gasteiger partial charge in [-0.25, -0.2) is 27.7 Å². The van der Waals surface area contributed by atoms with Gasteiger partial charge in [0.1, 0.15) is 0 Å². The second kappa shape index (κ2) is 9.67. The normalized spacial score (nSPS) is 14.1. The Hall–Kier alpha value is -3.43. The van der Waals surface area contributed by atoms with Crippen LogP contribution in [0.2, 0.25) is 5.02 Å². The molecule has 0 aliphatic heterocycles. The molecule has 0 bridgehead atoms. The maximum absolute atomic E-state index is 12.9. The number of tetrazole rings is 1. The van der Waals surface area contributed by atoms with Crippen molar-refractivity contribution >= 4 is 61.4 Å². The lowest BCUT2D eigenvalue weighted by atomic mass is 9.95. The number of ketones is 1. The monoisotopic (exact) mass is 539 g/mol. The lowest BCUT2D eigenvalue weighted by molar-refractivity contribution is 0.0687. The highest BCUT2D eigenvalue weighted by Gasteiger charge is 2.34. The zero-order valence-electron chi connectivity index (χ0n) is 18.1. The summed E-state index contributed by atoms with van der Waals surface area (Å²) in [5.74, 6) is -1.91. The molecule has 1 saturated carbocycles. The first kappa shape index (κ1) is 24.7. The Kier molecular flexibility index (Phi) is 6.82. The molecule has 16 heteroatoms. The van der Waals surface area contributed by atoms with E-state index in [1.807, 2.05) is 0 Å². The van der Waals surface area contributed by atoms with Gasteiger partial charge in [-0.15, -0.1) is 0 Å². The maximum Gasteiger partial charge on any atom is 0.356 e. The summed E-state index contributed by atoms with van der Waals surface area (Å²) in [6.07, 6.45) is 3.41. The van der Waals surface area contributed by atoms with Gasteiger partial charge in [0, 0.05) is 23.6 Å². The molecule has 1 fully saturated rings. The van der Waals surface area contributed by atoms with Crippen molar-refractivity contribution < 1.29 is 27.9 Å². The first-order chi connectivity index (χ1) is 16.6. The van der Waals surface area contributed by atoms with E-state index in [4.69, 9.17) is 11.6 Å². The average Bonchev–Trinajstić information content (AvgIpc) is 3.55. The van der Waals surface area contributed by atoms with Crippen molar-refractivity contribution in [3.8, 4) is 0 Å². The number of nitrogens with one attached hydrogen (secondary N) is 2. The number of aromatic carboxylic acids is 1. The predicted molar refractivity (Wildman–Crippen MR) is 124 cm³/mol. The summed E-state index contributed by atoms with van der Waals surface area (Å²) in [5, 5.41) is 23.8. The number of anilines is 2. The molecular weight excluding hydrogens is 522 g/mol. The van der Waals surface area contributed by atoms with Gasteiger partial charge < -0.3 is 10.4 Å². The topological polar surface area (TPSA) is 186 Å². The Morgan fingerprint density at radius 2 is 1.91 bits per heavy atom. The van der Waals surface area contributed by atoms with Gasteiger partial charge in [0.2, 0.25) is 0 Å². The number of urea groups is 1. The van der Waals surface area contributed by atoms with Crippen molar-refractivity contribution in [2.24, 2.45) is 13.0 Å². The van der Waals surface area contributed by atoms with Gasteiger partial charge in [0.25, 0.3) is 15.0 Å². The maximum atomic E-state index is 12.9. The summed E-state index contributed by atoms with van der Waals surface area (Å²) in [4.78, 5) is 41.0. The number of hydrogen-bond donors (Lipinski definition) is 3. The summed E-state index contributed by atoms with van der Waals surface area (Å²) in [6.45, 7) is 0. The lowest BCUT2D eigenvalue weighted by Crippen LogP contribution is -2.22.